The molecule has 1 aliphatic heterocycles. The van der Waals surface area contributed by atoms with E-state index in [0.29, 0.717) is 17.6 Å². The van der Waals surface area contributed by atoms with Crippen molar-refractivity contribution in [2.24, 2.45) is 0 Å². The van der Waals surface area contributed by atoms with Gasteiger partial charge in [-0.1, -0.05) is 107 Å². The summed E-state index contributed by atoms with van der Waals surface area (Å²) in [4.78, 5) is 18.5. The van der Waals surface area contributed by atoms with Crippen molar-refractivity contribution in [2.45, 2.75) is 25.2 Å². The van der Waals surface area contributed by atoms with Gasteiger partial charge in [-0.3, -0.25) is 4.57 Å². The summed E-state index contributed by atoms with van der Waals surface area (Å²) in [5, 5.41) is 3.43. The van der Waals surface area contributed by atoms with E-state index in [0.717, 1.165) is 63.5 Å². The molecule has 0 radical (unpaired) electrons. The number of hydrogen-bond donors (Lipinski definition) is 0. The van der Waals surface area contributed by atoms with Crippen LogP contribution >= 0.6 is 0 Å². The Labute approximate surface area is 330 Å². The van der Waals surface area contributed by atoms with Gasteiger partial charge in [0.15, 0.2) is 11.6 Å². The van der Waals surface area contributed by atoms with Gasteiger partial charge in [-0.2, -0.15) is 9.97 Å². The number of benzene rings is 5. The van der Waals surface area contributed by atoms with Gasteiger partial charge in [-0.15, -0.1) is 5.46 Å². The van der Waals surface area contributed by atoms with Crippen molar-refractivity contribution >= 4 is 117 Å². The fourth-order valence-corrected chi connectivity index (χ4v) is 9.54. The van der Waals surface area contributed by atoms with Crippen molar-refractivity contribution in [3.8, 4) is 28.7 Å². The van der Waals surface area contributed by atoms with Gasteiger partial charge in [0.2, 0.25) is 5.95 Å². The fourth-order valence-electron chi connectivity index (χ4n) is 9.54. The minimum absolute atomic E-state index is 0.250. The number of fused-ring (bicyclic) bond motifs is 10. The second-order valence-electron chi connectivity index (χ2n) is 15.6. The van der Waals surface area contributed by atoms with Gasteiger partial charge in [0.25, 0.3) is 0 Å². The lowest BCUT2D eigenvalue weighted by Gasteiger charge is -2.31. The van der Waals surface area contributed by atoms with Gasteiger partial charge in [-0.25, -0.2) is 4.98 Å². The molecule has 56 heavy (non-hydrogen) atoms. The summed E-state index contributed by atoms with van der Waals surface area (Å²) >= 11 is 0. The first-order valence-electron chi connectivity index (χ1n) is 19.7. The first-order chi connectivity index (χ1) is 27.4. The molecule has 8 aromatic rings. The number of hydrogen-bond acceptors (Lipinski definition) is 5. The lowest BCUT2D eigenvalue weighted by molar-refractivity contribution is 0.669. The standard InChI is InChI=1S/C45H36B5N5O/c46-35-36(47)38(49)42(39(50)37(35)48)54-31-15-7-4-12-25(31)29-20-21-30-26-13-5-8-16-32(26)55(41(30)40(29)54)45-52-43(23-10-2-1-3-11-23)51-44(53-45)24-18-19-28-27-14-6-9-17-33(27)56-34(28)22-24/h1-4,6-11,14-22,25H,5,12-13,46-50H2. The van der Waals surface area contributed by atoms with E-state index in [1.807, 2.05) is 30.3 Å². The molecule has 0 saturated carbocycles. The molecule has 0 bridgehead atoms. The molecule has 3 aromatic heterocycles. The van der Waals surface area contributed by atoms with Gasteiger partial charge >= 0.3 is 0 Å². The number of para-hydroxylation sites is 1. The van der Waals surface area contributed by atoms with Crippen molar-refractivity contribution in [2.75, 3.05) is 4.90 Å². The number of anilines is 2. The first kappa shape index (κ1) is 33.2. The van der Waals surface area contributed by atoms with Crippen LogP contribution in [-0.2, 0) is 6.42 Å². The largest absolute Gasteiger partial charge is 0.456 e. The van der Waals surface area contributed by atoms with Crippen LogP contribution in [-0.4, -0.2) is 58.8 Å². The van der Waals surface area contributed by atoms with E-state index in [2.05, 4.69) is 134 Å². The van der Waals surface area contributed by atoms with Crippen molar-refractivity contribution in [3.05, 3.63) is 132 Å². The van der Waals surface area contributed by atoms with Crippen LogP contribution in [0.1, 0.15) is 35.6 Å². The Morgan fingerprint density at radius 1 is 0.643 bits per heavy atom. The molecular weight excluding hydrogens is 681 g/mol. The highest BCUT2D eigenvalue weighted by molar-refractivity contribution is 6.69. The van der Waals surface area contributed by atoms with E-state index in [1.54, 1.807) is 0 Å². The van der Waals surface area contributed by atoms with Crippen molar-refractivity contribution in [1.29, 1.82) is 0 Å². The molecule has 0 N–H and O–H groups in total. The van der Waals surface area contributed by atoms with Gasteiger partial charge < -0.3 is 9.32 Å². The fraction of sp³-hybridized carbons (Fsp3) is 0.0889. The zero-order chi connectivity index (χ0) is 37.8. The van der Waals surface area contributed by atoms with Crippen molar-refractivity contribution in [1.82, 2.24) is 19.5 Å². The Hall–Kier alpha value is -6.21. The molecule has 0 saturated heterocycles. The number of rotatable bonds is 4. The lowest BCUT2D eigenvalue weighted by atomic mass is 9.61. The number of nitrogens with zero attached hydrogens (tertiary/aromatic N) is 5. The van der Waals surface area contributed by atoms with Crippen LogP contribution < -0.4 is 32.2 Å². The van der Waals surface area contributed by atoms with Gasteiger partial charge in [-0.05, 0) is 60.7 Å². The highest BCUT2D eigenvalue weighted by Gasteiger charge is 2.40. The molecule has 0 fully saturated rings. The van der Waals surface area contributed by atoms with Crippen LogP contribution in [0.5, 0.6) is 0 Å². The molecule has 0 spiro atoms. The summed E-state index contributed by atoms with van der Waals surface area (Å²) in [7, 11) is 11.4. The van der Waals surface area contributed by atoms with E-state index in [1.165, 1.54) is 60.9 Å². The zero-order valence-electron chi connectivity index (χ0n) is 32.3. The van der Waals surface area contributed by atoms with Crippen molar-refractivity contribution < 1.29 is 4.42 Å². The predicted octanol–water partition coefficient (Wildman–Crippen LogP) is 2.38. The summed E-state index contributed by atoms with van der Waals surface area (Å²) in [6, 6.07) is 29.5. The molecule has 6 nitrogen and oxygen atoms in total. The van der Waals surface area contributed by atoms with Crippen LogP contribution in [0.15, 0.2) is 119 Å². The number of aryl methyl sites for hydroxylation is 1. The first-order valence-corrected chi connectivity index (χ1v) is 19.7. The average molecular weight is 717 g/mol. The lowest BCUT2D eigenvalue weighted by Crippen LogP contribution is -2.56. The third kappa shape index (κ3) is 4.73. The molecule has 1 unspecified atom stereocenters. The Kier molecular flexibility index (Phi) is 7.34. The highest BCUT2D eigenvalue weighted by atomic mass is 16.3. The smallest absolute Gasteiger partial charge is 0.238 e. The molecule has 0 amide bonds. The predicted molar refractivity (Wildman–Crippen MR) is 246 cm³/mol. The van der Waals surface area contributed by atoms with E-state index in [-0.39, 0.29) is 5.92 Å². The van der Waals surface area contributed by atoms with E-state index >= 15 is 0 Å². The molecule has 11 rings (SSSR count). The summed E-state index contributed by atoms with van der Waals surface area (Å²) in [5.74, 6) is 2.09. The normalized spacial score (nSPS) is 15.8. The quantitative estimate of drug-likeness (QED) is 0.262. The Balaban J connectivity index is 1.23. The molecule has 4 heterocycles. The molecular formula is C45H36B5N5O. The molecule has 1 atom stereocenters. The Morgan fingerprint density at radius 3 is 2.18 bits per heavy atom. The second-order valence-corrected chi connectivity index (χ2v) is 15.6. The molecule has 5 aromatic carbocycles. The van der Waals surface area contributed by atoms with Crippen LogP contribution in [0.2, 0.25) is 0 Å². The Morgan fingerprint density at radius 2 is 1.36 bits per heavy atom. The zero-order valence-corrected chi connectivity index (χ0v) is 32.3. The molecule has 3 aliphatic rings. The maximum absolute atomic E-state index is 6.36. The van der Waals surface area contributed by atoms with Crippen LogP contribution in [0.4, 0.5) is 11.4 Å². The van der Waals surface area contributed by atoms with Crippen LogP contribution in [0.25, 0.3) is 67.6 Å². The molecule has 262 valence electrons. The second kappa shape index (κ2) is 12.4. The summed E-state index contributed by atoms with van der Waals surface area (Å²) in [5.41, 5.74) is 19.0. The third-order valence-electron chi connectivity index (χ3n) is 12.8. The third-order valence-corrected chi connectivity index (χ3v) is 12.8. The molecule has 11 heteroatoms. The maximum Gasteiger partial charge on any atom is 0.238 e. The van der Waals surface area contributed by atoms with Gasteiger partial charge in [0.1, 0.15) is 50.4 Å². The molecule has 2 aliphatic carbocycles. The van der Waals surface area contributed by atoms with Crippen molar-refractivity contribution in [3.63, 3.8) is 0 Å². The average Bonchev–Trinajstić information content (AvgIpc) is 3.90. The number of allylic oxidation sites excluding steroid dienone is 5. The number of aromatic nitrogens is 4. The minimum atomic E-state index is 0.250. The topological polar surface area (TPSA) is 60.0 Å². The summed E-state index contributed by atoms with van der Waals surface area (Å²) in [6.07, 6.45) is 14.4. The van der Waals surface area contributed by atoms with Crippen LogP contribution in [0.3, 0.4) is 0 Å². The summed E-state index contributed by atoms with van der Waals surface area (Å²) in [6.45, 7) is 0. The highest BCUT2D eigenvalue weighted by Crippen LogP contribution is 2.54. The Bertz CT molecular complexity index is 3060. The van der Waals surface area contributed by atoms with Gasteiger partial charge in [0, 0.05) is 44.6 Å². The van der Waals surface area contributed by atoms with Gasteiger partial charge in [0.05, 0.1) is 16.9 Å². The minimum Gasteiger partial charge on any atom is -0.456 e. The monoisotopic (exact) mass is 717 g/mol. The number of furan rings is 1. The maximum atomic E-state index is 6.36. The van der Waals surface area contributed by atoms with E-state index < -0.39 is 0 Å². The van der Waals surface area contributed by atoms with Crippen LogP contribution in [0, 0.1) is 0 Å². The summed E-state index contributed by atoms with van der Waals surface area (Å²) < 4.78 is 8.70. The SMILES string of the molecule is Bc1c(B)c(B)c(N2C3=CC=CCC3c3ccc4c5c(n(-c6nc(-c7ccccc7)nc(-c7ccc8c(c7)oc7ccccc78)n6)c4c32)C=CCC5)c(B)c1B. The van der Waals surface area contributed by atoms with E-state index in [4.69, 9.17) is 19.4 Å². The van der Waals surface area contributed by atoms with E-state index in [9.17, 15) is 0 Å².